The summed E-state index contributed by atoms with van der Waals surface area (Å²) < 4.78 is 0. The SMILES string of the molecule is CCCC(C)=O.COOC(C)(C)C. The van der Waals surface area contributed by atoms with Gasteiger partial charge in [-0.05, 0) is 34.1 Å². The van der Waals surface area contributed by atoms with E-state index in [0.29, 0.717) is 0 Å². The van der Waals surface area contributed by atoms with Gasteiger partial charge in [-0.3, -0.25) is 0 Å². The fourth-order valence-corrected chi connectivity index (χ4v) is 0.602. The van der Waals surface area contributed by atoms with E-state index in [4.69, 9.17) is 4.89 Å². The van der Waals surface area contributed by atoms with E-state index in [1.165, 1.54) is 7.11 Å². The molecule has 0 aromatic rings. The largest absolute Gasteiger partial charge is 0.300 e. The van der Waals surface area contributed by atoms with Gasteiger partial charge < -0.3 is 4.79 Å². The zero-order valence-electron chi connectivity index (χ0n) is 9.64. The molecule has 0 fully saturated rings. The van der Waals surface area contributed by atoms with Crippen molar-refractivity contribution in [2.24, 2.45) is 0 Å². The minimum absolute atomic E-state index is 0.172. The van der Waals surface area contributed by atoms with Crippen LogP contribution in [-0.4, -0.2) is 18.5 Å². The molecule has 3 nitrogen and oxygen atoms in total. The van der Waals surface area contributed by atoms with Gasteiger partial charge in [-0.15, -0.1) is 0 Å². The Labute approximate surface area is 81.3 Å². The van der Waals surface area contributed by atoms with Crippen LogP contribution in [0, 0.1) is 0 Å². The third-order valence-electron chi connectivity index (χ3n) is 0.935. The first kappa shape index (κ1) is 15.1. The topological polar surface area (TPSA) is 35.5 Å². The van der Waals surface area contributed by atoms with Crippen LogP contribution in [0.4, 0.5) is 0 Å². The fraction of sp³-hybridized carbons (Fsp3) is 0.900. The van der Waals surface area contributed by atoms with E-state index >= 15 is 0 Å². The van der Waals surface area contributed by atoms with Gasteiger partial charge >= 0.3 is 0 Å². The van der Waals surface area contributed by atoms with Gasteiger partial charge in [0.05, 0.1) is 12.7 Å². The molecule has 0 N–H and O–H groups in total. The van der Waals surface area contributed by atoms with Gasteiger partial charge in [-0.1, -0.05) is 6.92 Å². The monoisotopic (exact) mass is 190 g/mol. The molecule has 0 bridgehead atoms. The van der Waals surface area contributed by atoms with Crippen LogP contribution in [0.3, 0.4) is 0 Å². The van der Waals surface area contributed by atoms with E-state index in [2.05, 4.69) is 4.89 Å². The summed E-state index contributed by atoms with van der Waals surface area (Å²) in [6.45, 7) is 9.40. The normalized spacial score (nSPS) is 10.3. The summed E-state index contributed by atoms with van der Waals surface area (Å²) in [4.78, 5) is 19.2. The van der Waals surface area contributed by atoms with Crippen LogP contribution in [0.15, 0.2) is 0 Å². The summed E-state index contributed by atoms with van der Waals surface area (Å²) in [7, 11) is 1.51. The highest BCUT2D eigenvalue weighted by molar-refractivity contribution is 5.75. The molecule has 0 unspecified atom stereocenters. The quantitative estimate of drug-likeness (QED) is 0.507. The van der Waals surface area contributed by atoms with Crippen LogP contribution in [0.1, 0.15) is 47.5 Å². The number of carbonyl (C=O) groups is 1. The minimum Gasteiger partial charge on any atom is -0.300 e. The molecule has 0 spiro atoms. The average molecular weight is 190 g/mol. The van der Waals surface area contributed by atoms with Crippen LogP contribution < -0.4 is 0 Å². The molecule has 0 saturated carbocycles. The highest BCUT2D eigenvalue weighted by Crippen LogP contribution is 2.04. The molecule has 0 aliphatic carbocycles. The molecule has 0 aliphatic heterocycles. The number of rotatable bonds is 3. The lowest BCUT2D eigenvalue weighted by molar-refractivity contribution is -0.330. The maximum Gasteiger partial charge on any atom is 0.129 e. The lowest BCUT2D eigenvalue weighted by Gasteiger charge is -2.14. The van der Waals surface area contributed by atoms with Crippen molar-refractivity contribution >= 4 is 5.78 Å². The summed E-state index contributed by atoms with van der Waals surface area (Å²) in [5.41, 5.74) is -0.172. The molecule has 0 aromatic heterocycles. The first-order chi connectivity index (χ1) is 5.83. The fourth-order valence-electron chi connectivity index (χ4n) is 0.602. The summed E-state index contributed by atoms with van der Waals surface area (Å²) in [5, 5.41) is 0. The first-order valence-corrected chi connectivity index (χ1v) is 4.54. The Balaban J connectivity index is 0. The second-order valence-electron chi connectivity index (χ2n) is 3.81. The standard InChI is InChI=1S/C5H12O2.C5H10O/c1-5(2,3)7-6-4;1-3-4-5(2)6/h1-4H3;3-4H2,1-2H3. The smallest absolute Gasteiger partial charge is 0.129 e. The highest BCUT2D eigenvalue weighted by atomic mass is 17.2. The maximum atomic E-state index is 10.0. The van der Waals surface area contributed by atoms with Gasteiger partial charge in [0, 0.05) is 6.42 Å². The van der Waals surface area contributed by atoms with E-state index in [1.807, 2.05) is 27.7 Å². The summed E-state index contributed by atoms with van der Waals surface area (Å²) in [5.74, 6) is 0.289. The Morgan fingerprint density at radius 1 is 1.31 bits per heavy atom. The van der Waals surface area contributed by atoms with E-state index < -0.39 is 0 Å². The van der Waals surface area contributed by atoms with Crippen molar-refractivity contribution in [2.75, 3.05) is 7.11 Å². The van der Waals surface area contributed by atoms with Gasteiger partial charge in [-0.2, -0.15) is 0 Å². The Morgan fingerprint density at radius 2 is 1.77 bits per heavy atom. The second kappa shape index (κ2) is 8.20. The molecular weight excluding hydrogens is 168 g/mol. The number of carbonyl (C=O) groups excluding carboxylic acids is 1. The van der Waals surface area contributed by atoms with Crippen LogP contribution in [0.5, 0.6) is 0 Å². The molecule has 0 amide bonds. The molecule has 3 heteroatoms. The average Bonchev–Trinajstić information content (AvgIpc) is 1.84. The van der Waals surface area contributed by atoms with Crippen molar-refractivity contribution < 1.29 is 14.6 Å². The van der Waals surface area contributed by atoms with Gasteiger partial charge in [0.1, 0.15) is 5.78 Å². The predicted octanol–water partition coefficient (Wildman–Crippen LogP) is 2.74. The predicted molar refractivity (Wildman–Crippen MR) is 53.4 cm³/mol. The molecule has 0 aromatic carbocycles. The number of Topliss-reactive ketones (excluding diaryl/α,β-unsaturated/α-hetero) is 1. The van der Waals surface area contributed by atoms with Crippen LogP contribution in [0.2, 0.25) is 0 Å². The summed E-state index contributed by atoms with van der Waals surface area (Å²) >= 11 is 0. The van der Waals surface area contributed by atoms with Crippen LogP contribution in [-0.2, 0) is 14.6 Å². The lowest BCUT2D eigenvalue weighted by Crippen LogP contribution is -2.17. The van der Waals surface area contributed by atoms with Crippen molar-refractivity contribution in [3.63, 3.8) is 0 Å². The number of hydrogen-bond donors (Lipinski definition) is 0. The number of ketones is 1. The molecule has 13 heavy (non-hydrogen) atoms. The Kier molecular flexibility index (Phi) is 9.51. The zero-order valence-corrected chi connectivity index (χ0v) is 9.64. The minimum atomic E-state index is -0.172. The van der Waals surface area contributed by atoms with E-state index in [0.717, 1.165) is 12.8 Å². The van der Waals surface area contributed by atoms with Gasteiger partial charge in [0.25, 0.3) is 0 Å². The van der Waals surface area contributed by atoms with Crippen molar-refractivity contribution in [2.45, 2.75) is 53.1 Å². The molecule has 0 radical (unpaired) electrons. The van der Waals surface area contributed by atoms with Gasteiger partial charge in [-0.25, -0.2) is 9.78 Å². The molecule has 0 heterocycles. The van der Waals surface area contributed by atoms with Crippen LogP contribution in [0.25, 0.3) is 0 Å². The third-order valence-corrected chi connectivity index (χ3v) is 0.935. The van der Waals surface area contributed by atoms with Crippen molar-refractivity contribution in [3.05, 3.63) is 0 Å². The van der Waals surface area contributed by atoms with E-state index in [-0.39, 0.29) is 11.4 Å². The second-order valence-corrected chi connectivity index (χ2v) is 3.81. The van der Waals surface area contributed by atoms with Crippen molar-refractivity contribution in [1.82, 2.24) is 0 Å². The number of hydrogen-bond acceptors (Lipinski definition) is 3. The Morgan fingerprint density at radius 3 is 1.77 bits per heavy atom. The molecule has 0 rings (SSSR count). The molecule has 0 saturated heterocycles. The highest BCUT2D eigenvalue weighted by Gasteiger charge is 2.08. The molecule has 80 valence electrons. The molecule has 0 aliphatic rings. The summed E-state index contributed by atoms with van der Waals surface area (Å²) in [6.07, 6.45) is 1.72. The van der Waals surface area contributed by atoms with Gasteiger partial charge in [0.15, 0.2) is 0 Å². The summed E-state index contributed by atoms with van der Waals surface area (Å²) in [6, 6.07) is 0. The molecule has 0 atom stereocenters. The van der Waals surface area contributed by atoms with E-state index in [1.54, 1.807) is 6.92 Å². The first-order valence-electron chi connectivity index (χ1n) is 4.54. The van der Waals surface area contributed by atoms with Crippen LogP contribution >= 0.6 is 0 Å². The Bertz CT molecular complexity index is 125. The van der Waals surface area contributed by atoms with E-state index in [9.17, 15) is 4.79 Å². The van der Waals surface area contributed by atoms with Crippen molar-refractivity contribution in [3.8, 4) is 0 Å². The lowest BCUT2D eigenvalue weighted by atomic mass is 10.2. The maximum absolute atomic E-state index is 10.0. The Hall–Kier alpha value is -0.410. The zero-order chi connectivity index (χ0) is 10.9. The van der Waals surface area contributed by atoms with Gasteiger partial charge in [0.2, 0.25) is 0 Å². The molecular formula is C10H22O3. The third kappa shape index (κ3) is 24.5. The van der Waals surface area contributed by atoms with Crippen molar-refractivity contribution in [1.29, 1.82) is 0 Å².